The Balaban J connectivity index is 0.000000292. The number of aryl methyl sites for hydroxylation is 2. The number of halogens is 11. The topological polar surface area (TPSA) is 106 Å². The molecule has 0 aliphatic carbocycles. The van der Waals surface area contributed by atoms with Crippen molar-refractivity contribution < 1.29 is 40.3 Å². The van der Waals surface area contributed by atoms with Crippen LogP contribution in [0.4, 0.5) is 35.5 Å². The lowest BCUT2D eigenvalue weighted by Crippen LogP contribution is -2.30. The Labute approximate surface area is 310 Å². The molecule has 3 N–H and O–H groups in total. The van der Waals surface area contributed by atoms with Crippen molar-refractivity contribution in [3.63, 3.8) is 0 Å². The molecule has 9 nitrogen and oxygen atoms in total. The van der Waals surface area contributed by atoms with Crippen LogP contribution in [0.3, 0.4) is 0 Å². The number of carbonyl (C=O) groups is 1. The lowest BCUT2D eigenvalue weighted by Gasteiger charge is -2.11. The van der Waals surface area contributed by atoms with Crippen LogP contribution in [0.1, 0.15) is 22.5 Å². The van der Waals surface area contributed by atoms with Gasteiger partial charge < -0.3 is 15.4 Å². The van der Waals surface area contributed by atoms with Crippen molar-refractivity contribution in [3.05, 3.63) is 120 Å². The molecular formula is C30H25Cl4F7N6O3S. The number of aromatic nitrogens is 4. The summed E-state index contributed by atoms with van der Waals surface area (Å²) in [5.74, 6) is -1.28. The number of rotatable bonds is 6. The van der Waals surface area contributed by atoms with Crippen LogP contribution in [0.5, 0.6) is 11.6 Å². The van der Waals surface area contributed by atoms with Crippen molar-refractivity contribution in [1.29, 1.82) is 0 Å². The van der Waals surface area contributed by atoms with E-state index in [4.69, 9.17) is 63.4 Å². The maximum atomic E-state index is 12.7. The second-order valence-electron chi connectivity index (χ2n) is 9.70. The maximum Gasteiger partial charge on any atom is 0.416 e. The highest BCUT2D eigenvalue weighted by Crippen LogP contribution is 2.41. The molecule has 2 aromatic carbocycles. The van der Waals surface area contributed by atoms with E-state index in [0.717, 1.165) is 10.4 Å². The molecule has 0 fully saturated rings. The number of alkyl halides is 6. The summed E-state index contributed by atoms with van der Waals surface area (Å²) >= 11 is 27.0. The highest BCUT2D eigenvalue weighted by molar-refractivity contribution is 7.80. The number of ether oxygens (including phenoxy) is 1. The summed E-state index contributed by atoms with van der Waals surface area (Å²) < 4.78 is 94.9. The molecule has 0 unspecified atom stereocenters. The molecule has 0 saturated heterocycles. The van der Waals surface area contributed by atoms with Crippen molar-refractivity contribution in [2.75, 3.05) is 13.1 Å². The minimum absolute atomic E-state index is 0.0465. The van der Waals surface area contributed by atoms with Crippen LogP contribution >= 0.6 is 58.6 Å². The van der Waals surface area contributed by atoms with Gasteiger partial charge in [0.05, 0.1) is 36.9 Å². The lowest BCUT2D eigenvalue weighted by molar-refractivity contribution is -0.138. The van der Waals surface area contributed by atoms with E-state index in [1.54, 1.807) is 19.9 Å². The van der Waals surface area contributed by atoms with Gasteiger partial charge in [-0.1, -0.05) is 58.6 Å². The van der Waals surface area contributed by atoms with Gasteiger partial charge in [-0.3, -0.25) is 9.89 Å². The predicted molar refractivity (Wildman–Crippen MR) is 185 cm³/mol. The number of hydrogen-bond acceptors (Lipinski definition) is 5. The predicted octanol–water partition coefficient (Wildman–Crippen LogP) is 9.60. The molecule has 0 radical (unpaired) electrons. The molecule has 4 aromatic rings. The Morgan fingerprint density at radius 2 is 1.33 bits per heavy atom. The van der Waals surface area contributed by atoms with Crippen molar-refractivity contribution in [1.82, 2.24) is 30.2 Å². The molecule has 276 valence electrons. The number of thiocarbonyl (C=S) groups is 1. The van der Waals surface area contributed by atoms with Gasteiger partial charge in [0.2, 0.25) is 5.88 Å². The Hall–Kier alpha value is -4.03. The first-order valence-corrected chi connectivity index (χ1v) is 15.6. The number of nitrogens with zero attached hydrogens (tertiary/aromatic N) is 3. The van der Waals surface area contributed by atoms with Crippen molar-refractivity contribution >= 4 is 69.8 Å². The van der Waals surface area contributed by atoms with E-state index in [1.165, 1.54) is 22.9 Å². The van der Waals surface area contributed by atoms with Crippen molar-refractivity contribution in [3.8, 4) is 11.6 Å². The van der Waals surface area contributed by atoms with Gasteiger partial charge in [-0.2, -0.15) is 31.0 Å². The summed E-state index contributed by atoms with van der Waals surface area (Å²) in [5, 5.41) is 10.5. The van der Waals surface area contributed by atoms with Gasteiger partial charge in [0, 0.05) is 30.9 Å². The number of aromatic amines is 1. The van der Waals surface area contributed by atoms with E-state index in [2.05, 4.69) is 34.0 Å². The van der Waals surface area contributed by atoms with Crippen LogP contribution in [-0.2, 0) is 12.4 Å². The normalized spacial score (nSPS) is 11.0. The van der Waals surface area contributed by atoms with Gasteiger partial charge in [0.15, 0.2) is 16.7 Å². The number of amides is 1. The summed E-state index contributed by atoms with van der Waals surface area (Å²) in [6.07, 6.45) is -5.96. The first kappa shape index (κ1) is 43.1. The Morgan fingerprint density at radius 1 is 0.863 bits per heavy atom. The molecule has 0 saturated carbocycles. The third-order valence-corrected chi connectivity index (χ3v) is 7.25. The molecule has 2 aromatic heterocycles. The third-order valence-electron chi connectivity index (χ3n) is 5.81. The Kier molecular flexibility index (Phi) is 15.6. The van der Waals surface area contributed by atoms with Gasteiger partial charge in [0.1, 0.15) is 0 Å². The van der Waals surface area contributed by atoms with E-state index >= 15 is 0 Å². The second-order valence-corrected chi connectivity index (χ2v) is 11.7. The van der Waals surface area contributed by atoms with E-state index in [0.29, 0.717) is 41.6 Å². The number of nitrogens with one attached hydrogen (secondary N) is 3. The first-order chi connectivity index (χ1) is 23.6. The fourth-order valence-corrected chi connectivity index (χ4v) is 4.84. The number of carbonyl (C=O) groups excluding carboxylic acids is 1. The van der Waals surface area contributed by atoms with E-state index in [9.17, 15) is 40.3 Å². The van der Waals surface area contributed by atoms with E-state index < -0.39 is 45.4 Å². The van der Waals surface area contributed by atoms with Gasteiger partial charge in [0.25, 0.3) is 5.56 Å². The summed E-state index contributed by atoms with van der Waals surface area (Å²) in [7, 11) is 0. The van der Waals surface area contributed by atoms with Gasteiger partial charge in [-0.15, -0.1) is 18.3 Å². The smallest absolute Gasteiger partial charge is 0.416 e. The lowest BCUT2D eigenvalue weighted by atomic mass is 10.2. The zero-order valence-corrected chi connectivity index (χ0v) is 29.9. The quantitative estimate of drug-likeness (QED) is 0.0775. The molecule has 1 amide bonds. The number of benzene rings is 2. The van der Waals surface area contributed by atoms with E-state index in [-0.39, 0.29) is 33.8 Å². The van der Waals surface area contributed by atoms with Gasteiger partial charge in [-0.25, -0.2) is 13.9 Å². The molecule has 4 rings (SSSR count). The fraction of sp³-hybridized carbons (Fsp3) is 0.200. The zero-order valence-electron chi connectivity index (χ0n) is 26.1. The van der Waals surface area contributed by atoms with Crippen LogP contribution in [0.15, 0.2) is 66.5 Å². The molecule has 51 heavy (non-hydrogen) atoms. The summed E-state index contributed by atoms with van der Waals surface area (Å²) in [4.78, 5) is 22.8. The van der Waals surface area contributed by atoms with Gasteiger partial charge in [-0.05, 0) is 50.3 Å². The summed E-state index contributed by atoms with van der Waals surface area (Å²) in [6, 6.07) is 4.76. The highest BCUT2D eigenvalue weighted by atomic mass is 35.5. The molecule has 0 atom stereocenters. The maximum absolute atomic E-state index is 12.7. The van der Waals surface area contributed by atoms with Crippen molar-refractivity contribution in [2.45, 2.75) is 26.2 Å². The monoisotopic (exact) mass is 822 g/mol. The van der Waals surface area contributed by atoms with Gasteiger partial charge >= 0.3 is 18.4 Å². The van der Waals surface area contributed by atoms with Crippen LogP contribution in [0, 0.1) is 19.7 Å². The Morgan fingerprint density at radius 3 is 1.76 bits per heavy atom. The third kappa shape index (κ3) is 12.6. The number of H-pyrrole nitrogens is 1. The average molecular weight is 824 g/mol. The largest absolute Gasteiger partial charge is 0.434 e. The SMILES string of the molecule is C=CCNC(=O)n1nc(Oc2c(Cl)cc(C(F)(F)F)cc2Cl)cc1C.C=CCNC(=S)n1[nH]c(=O)cc1C.Fc1c(Cl)cc(C(F)(F)F)cc1Cl. The summed E-state index contributed by atoms with van der Waals surface area (Å²) in [5.41, 5.74) is -0.994. The van der Waals surface area contributed by atoms with Crippen LogP contribution < -0.4 is 20.9 Å². The van der Waals surface area contributed by atoms with Crippen LogP contribution in [-0.4, -0.2) is 43.8 Å². The minimum atomic E-state index is -4.59. The number of hydrogen-bond donors (Lipinski definition) is 3. The standard InChI is InChI=1S/C15H12Cl2F3N3O2.C8H11N3OS.C7H2Cl2F4/c1-3-4-21-14(24)23-8(2)5-12(22-23)25-13-10(16)6-9(7-11(13)17)15(18,19)20;1-3-4-9-8(13)11-6(2)5-7(12)10-11;8-4-1-3(7(11,12)13)2-5(9)6(4)10/h3,5-7H,1,4H2,2H3,(H,21,24);3,5H,1,4H2,2H3,(H,9,13)(H,10,12);1-2H. The van der Waals surface area contributed by atoms with Crippen molar-refractivity contribution in [2.24, 2.45) is 0 Å². The molecule has 21 heteroatoms. The highest BCUT2D eigenvalue weighted by Gasteiger charge is 2.33. The molecule has 2 heterocycles. The molecule has 0 bridgehead atoms. The second kappa shape index (κ2) is 18.5. The summed E-state index contributed by atoms with van der Waals surface area (Å²) in [6.45, 7) is 11.3. The molecule has 0 aliphatic heterocycles. The fourth-order valence-electron chi connectivity index (χ4n) is 3.52. The molecule has 0 spiro atoms. The zero-order chi connectivity index (χ0) is 38.8. The average Bonchev–Trinajstić information content (AvgIpc) is 3.58. The molecular weight excluding hydrogens is 799 g/mol. The minimum Gasteiger partial charge on any atom is -0.434 e. The van der Waals surface area contributed by atoms with Crippen LogP contribution in [0.25, 0.3) is 0 Å². The van der Waals surface area contributed by atoms with Crippen LogP contribution in [0.2, 0.25) is 20.1 Å². The van der Waals surface area contributed by atoms with E-state index in [1.807, 2.05) is 0 Å². The molecule has 0 aliphatic rings. The Bertz CT molecular complexity index is 1910. The first-order valence-electron chi connectivity index (χ1n) is 13.7.